The van der Waals surface area contributed by atoms with Crippen LogP contribution in [0.3, 0.4) is 0 Å². The number of hydrogen-bond acceptors (Lipinski definition) is 3. The van der Waals surface area contributed by atoms with Crippen molar-refractivity contribution in [2.75, 3.05) is 7.05 Å². The molecule has 4 aliphatic rings. The predicted molar refractivity (Wildman–Crippen MR) is 39.2 cm³/mol. The van der Waals surface area contributed by atoms with Gasteiger partial charge in [-0.15, -0.1) is 0 Å². The van der Waals surface area contributed by atoms with Crippen LogP contribution < -0.4 is 0 Å². The maximum Gasteiger partial charge on any atom is 0.101 e. The zero-order valence-corrected chi connectivity index (χ0v) is 6.60. The minimum atomic E-state index is -0.219. The highest BCUT2D eigenvalue weighted by Gasteiger charge is 2.57. The second kappa shape index (κ2) is 1.79. The minimum absolute atomic E-state index is 0.128. The lowest BCUT2D eigenvalue weighted by molar-refractivity contribution is -0.0758. The topological polar surface area (TPSA) is 32.7 Å². The van der Waals surface area contributed by atoms with Crippen molar-refractivity contribution in [2.45, 2.75) is 43.2 Å². The maximum atomic E-state index is 9.71. The fourth-order valence-electron chi connectivity index (χ4n) is 2.91. The summed E-state index contributed by atoms with van der Waals surface area (Å²) in [5, 5.41) is 9.71. The molecule has 0 aromatic carbocycles. The maximum absolute atomic E-state index is 9.71. The van der Waals surface area contributed by atoms with E-state index in [1.807, 2.05) is 0 Å². The predicted octanol–water partition coefficient (Wildman–Crippen LogP) is -0.409. The van der Waals surface area contributed by atoms with Crippen molar-refractivity contribution in [3.63, 3.8) is 0 Å². The molecule has 0 spiro atoms. The van der Waals surface area contributed by atoms with E-state index >= 15 is 0 Å². The van der Waals surface area contributed by atoms with E-state index in [0.717, 1.165) is 12.8 Å². The molecule has 4 aliphatic heterocycles. The van der Waals surface area contributed by atoms with Gasteiger partial charge in [0, 0.05) is 12.1 Å². The summed E-state index contributed by atoms with van der Waals surface area (Å²) in [5.41, 5.74) is 0. The Balaban J connectivity index is 2.00. The third kappa shape index (κ3) is 0.604. The Hall–Kier alpha value is -0.120. The van der Waals surface area contributed by atoms with E-state index in [1.165, 1.54) is 0 Å². The Bertz CT molecular complexity index is 175. The Morgan fingerprint density at radius 1 is 1.36 bits per heavy atom. The molecule has 4 bridgehead atoms. The molecule has 4 fully saturated rings. The van der Waals surface area contributed by atoms with Crippen molar-refractivity contribution >= 4 is 0 Å². The van der Waals surface area contributed by atoms with Crippen LogP contribution in [0.2, 0.25) is 0 Å². The van der Waals surface area contributed by atoms with E-state index < -0.39 is 0 Å². The number of piperidine rings is 1. The summed E-state index contributed by atoms with van der Waals surface area (Å²) in [5.74, 6) is 0. The van der Waals surface area contributed by atoms with E-state index in [2.05, 4.69) is 11.9 Å². The molecule has 5 atom stereocenters. The van der Waals surface area contributed by atoms with Crippen LogP contribution in [0.15, 0.2) is 0 Å². The number of rotatable bonds is 0. The molecule has 3 heteroatoms. The highest BCUT2D eigenvalue weighted by Crippen LogP contribution is 2.44. The van der Waals surface area contributed by atoms with Crippen LogP contribution in [0.4, 0.5) is 0 Å². The third-order valence-electron chi connectivity index (χ3n) is 3.51. The highest BCUT2D eigenvalue weighted by molar-refractivity contribution is 5.10. The van der Waals surface area contributed by atoms with E-state index in [-0.39, 0.29) is 12.2 Å². The number of likely N-dealkylation sites (N-methyl/N-ethyl adjacent to an activating group) is 1. The van der Waals surface area contributed by atoms with Crippen LogP contribution in [-0.4, -0.2) is 47.4 Å². The van der Waals surface area contributed by atoms with Gasteiger partial charge in [0.25, 0.3) is 0 Å². The molecule has 1 N–H and O–H groups in total. The molecule has 62 valence electrons. The number of ether oxygens (including phenoxy) is 1. The Labute approximate surface area is 65.9 Å². The van der Waals surface area contributed by atoms with Gasteiger partial charge >= 0.3 is 0 Å². The van der Waals surface area contributed by atoms with Crippen LogP contribution in [-0.2, 0) is 4.74 Å². The molecular formula is C8H13NO2. The van der Waals surface area contributed by atoms with Crippen molar-refractivity contribution in [1.82, 2.24) is 4.90 Å². The van der Waals surface area contributed by atoms with Crippen LogP contribution >= 0.6 is 0 Å². The summed E-state index contributed by atoms with van der Waals surface area (Å²) >= 11 is 0. The van der Waals surface area contributed by atoms with Gasteiger partial charge in [-0.05, 0) is 19.9 Å². The van der Waals surface area contributed by atoms with Crippen molar-refractivity contribution in [1.29, 1.82) is 0 Å². The fraction of sp³-hybridized carbons (Fsp3) is 1.00. The zero-order chi connectivity index (χ0) is 7.59. The van der Waals surface area contributed by atoms with Gasteiger partial charge in [-0.3, -0.25) is 4.90 Å². The fourth-order valence-corrected chi connectivity index (χ4v) is 2.91. The Morgan fingerprint density at radius 3 is 2.73 bits per heavy atom. The van der Waals surface area contributed by atoms with E-state index in [0.29, 0.717) is 18.2 Å². The number of hydrogen-bond donors (Lipinski definition) is 1. The molecule has 5 unspecified atom stereocenters. The normalized spacial score (nSPS) is 61.1. The SMILES string of the molecule is CN1C2CC3CC1C(O3)C2O. The molecular weight excluding hydrogens is 142 g/mol. The second-order valence-electron chi connectivity index (χ2n) is 3.98. The summed E-state index contributed by atoms with van der Waals surface area (Å²) in [6, 6.07) is 0.895. The lowest BCUT2D eigenvalue weighted by Gasteiger charge is -2.33. The molecule has 0 radical (unpaired) electrons. The minimum Gasteiger partial charge on any atom is -0.389 e. The van der Waals surface area contributed by atoms with Gasteiger partial charge < -0.3 is 9.84 Å². The first-order valence-corrected chi connectivity index (χ1v) is 4.33. The largest absolute Gasteiger partial charge is 0.389 e. The van der Waals surface area contributed by atoms with Crippen molar-refractivity contribution in [3.8, 4) is 0 Å². The molecule has 0 aromatic rings. The van der Waals surface area contributed by atoms with Crippen molar-refractivity contribution in [3.05, 3.63) is 0 Å². The summed E-state index contributed by atoms with van der Waals surface area (Å²) in [6.07, 6.45) is 2.53. The summed E-state index contributed by atoms with van der Waals surface area (Å²) in [7, 11) is 2.10. The van der Waals surface area contributed by atoms with Gasteiger partial charge in [0.05, 0.1) is 12.2 Å². The molecule has 11 heavy (non-hydrogen) atoms. The lowest BCUT2D eigenvalue weighted by atomic mass is 10.0. The molecule has 0 amide bonds. The standard InChI is InChI=1S/C8H13NO2/c1-9-5-2-4-3-6(9)8(11-4)7(5)10/h4-8,10H,2-3H2,1H3. The van der Waals surface area contributed by atoms with Crippen molar-refractivity contribution < 1.29 is 9.84 Å². The first-order chi connectivity index (χ1) is 5.27. The Kier molecular flexibility index (Phi) is 1.04. The zero-order valence-electron chi connectivity index (χ0n) is 6.60. The quantitative estimate of drug-likeness (QED) is 0.516. The lowest BCUT2D eigenvalue weighted by Crippen LogP contribution is -2.44. The van der Waals surface area contributed by atoms with Gasteiger partial charge in [0.15, 0.2) is 0 Å². The molecule has 4 saturated heterocycles. The van der Waals surface area contributed by atoms with Crippen LogP contribution in [0.25, 0.3) is 0 Å². The first kappa shape index (κ1) is 6.40. The monoisotopic (exact) mass is 155 g/mol. The molecule has 3 nitrogen and oxygen atoms in total. The van der Waals surface area contributed by atoms with Gasteiger partial charge in [-0.2, -0.15) is 0 Å². The first-order valence-electron chi connectivity index (χ1n) is 4.33. The van der Waals surface area contributed by atoms with Crippen molar-refractivity contribution in [2.24, 2.45) is 0 Å². The number of aliphatic hydroxyl groups excluding tert-OH is 1. The van der Waals surface area contributed by atoms with Gasteiger partial charge in [-0.1, -0.05) is 0 Å². The van der Waals surface area contributed by atoms with E-state index in [9.17, 15) is 5.11 Å². The molecule has 4 rings (SSSR count). The summed E-state index contributed by atoms with van der Waals surface area (Å²) < 4.78 is 5.64. The van der Waals surface area contributed by atoms with Gasteiger partial charge in [0.2, 0.25) is 0 Å². The Morgan fingerprint density at radius 2 is 2.09 bits per heavy atom. The van der Waals surface area contributed by atoms with E-state index in [4.69, 9.17) is 4.74 Å². The second-order valence-corrected chi connectivity index (χ2v) is 3.98. The molecule has 4 heterocycles. The summed E-state index contributed by atoms with van der Waals surface area (Å²) in [4.78, 5) is 2.29. The van der Waals surface area contributed by atoms with Crippen LogP contribution in [0.1, 0.15) is 12.8 Å². The van der Waals surface area contributed by atoms with Gasteiger partial charge in [-0.25, -0.2) is 0 Å². The average Bonchev–Trinajstić information content (AvgIpc) is 2.39. The van der Waals surface area contributed by atoms with Gasteiger partial charge in [0.1, 0.15) is 6.10 Å². The molecule has 0 aromatic heterocycles. The molecule has 0 saturated carbocycles. The van der Waals surface area contributed by atoms with Crippen LogP contribution in [0, 0.1) is 0 Å². The average molecular weight is 155 g/mol. The third-order valence-corrected chi connectivity index (χ3v) is 3.51. The highest BCUT2D eigenvalue weighted by atomic mass is 16.5. The van der Waals surface area contributed by atoms with E-state index in [1.54, 1.807) is 0 Å². The summed E-state index contributed by atoms with van der Waals surface area (Å²) in [6.45, 7) is 0. The smallest absolute Gasteiger partial charge is 0.101 e. The van der Waals surface area contributed by atoms with Crippen LogP contribution in [0.5, 0.6) is 0 Å². The molecule has 0 aliphatic carbocycles. The number of nitrogens with zero attached hydrogens (tertiary/aromatic N) is 1. The number of aliphatic hydroxyl groups is 1.